The Morgan fingerprint density at radius 3 is 2.85 bits per heavy atom. The smallest absolute Gasteiger partial charge is 0.263 e. The van der Waals surface area contributed by atoms with E-state index in [9.17, 15) is 19.2 Å². The number of imide groups is 2. The number of nitrogens with one attached hydrogen (secondary N) is 2. The standard InChI is InChI=1S/C19H21N3O5/c1-3-10-27-11-9-20-15-6-4-5-14-17(15)19(26)22(18(14)25)13(2)7-8-16(24)21-12-23/h1,4-6,12-13,20H,7-11H2,2H3,(H,21,23,24). The molecule has 27 heavy (non-hydrogen) atoms. The van der Waals surface area contributed by atoms with E-state index in [4.69, 9.17) is 11.2 Å². The monoisotopic (exact) mass is 371 g/mol. The number of hydrogen-bond acceptors (Lipinski definition) is 6. The molecule has 1 aliphatic heterocycles. The van der Waals surface area contributed by atoms with Gasteiger partial charge in [-0.2, -0.15) is 0 Å². The molecule has 0 aliphatic carbocycles. The zero-order valence-corrected chi connectivity index (χ0v) is 15.0. The van der Waals surface area contributed by atoms with Crippen molar-refractivity contribution in [3.63, 3.8) is 0 Å². The van der Waals surface area contributed by atoms with E-state index in [1.165, 1.54) is 0 Å². The molecule has 0 aromatic heterocycles. The second kappa shape index (κ2) is 9.50. The quantitative estimate of drug-likeness (QED) is 0.273. The van der Waals surface area contributed by atoms with Gasteiger partial charge in [0.15, 0.2) is 0 Å². The van der Waals surface area contributed by atoms with Gasteiger partial charge in [0, 0.05) is 24.7 Å². The molecule has 0 bridgehead atoms. The first-order valence-corrected chi connectivity index (χ1v) is 8.50. The van der Waals surface area contributed by atoms with Gasteiger partial charge in [0.05, 0.1) is 17.7 Å². The number of terminal acetylenes is 1. The highest BCUT2D eigenvalue weighted by atomic mass is 16.5. The average molecular weight is 371 g/mol. The van der Waals surface area contributed by atoms with Crippen LogP contribution in [0.1, 0.15) is 40.5 Å². The molecule has 0 fully saturated rings. The Morgan fingerprint density at radius 1 is 1.37 bits per heavy atom. The van der Waals surface area contributed by atoms with Gasteiger partial charge in [0.1, 0.15) is 6.61 Å². The van der Waals surface area contributed by atoms with Gasteiger partial charge in [-0.15, -0.1) is 6.42 Å². The molecule has 4 amide bonds. The summed E-state index contributed by atoms with van der Waals surface area (Å²) in [6, 6.07) is 4.53. The number of hydrogen-bond donors (Lipinski definition) is 2. The van der Waals surface area contributed by atoms with Gasteiger partial charge in [-0.3, -0.25) is 29.4 Å². The number of anilines is 1. The lowest BCUT2D eigenvalue weighted by atomic mass is 10.1. The molecule has 0 radical (unpaired) electrons. The second-order valence-electron chi connectivity index (χ2n) is 5.96. The van der Waals surface area contributed by atoms with Crippen molar-refractivity contribution in [2.45, 2.75) is 25.8 Å². The van der Waals surface area contributed by atoms with Gasteiger partial charge in [-0.1, -0.05) is 12.0 Å². The van der Waals surface area contributed by atoms with Crippen molar-refractivity contribution in [2.24, 2.45) is 0 Å². The number of carbonyl (C=O) groups is 4. The van der Waals surface area contributed by atoms with E-state index in [-0.39, 0.29) is 19.4 Å². The molecule has 0 saturated heterocycles. The molecule has 142 valence electrons. The van der Waals surface area contributed by atoms with Crippen LogP contribution < -0.4 is 10.6 Å². The molecule has 1 aromatic rings. The maximum Gasteiger partial charge on any atom is 0.263 e. The van der Waals surface area contributed by atoms with Crippen LogP contribution in [0.4, 0.5) is 5.69 Å². The first-order chi connectivity index (χ1) is 13.0. The first kappa shape index (κ1) is 20.1. The summed E-state index contributed by atoms with van der Waals surface area (Å²) in [6.45, 7) is 2.69. The van der Waals surface area contributed by atoms with Crippen molar-refractivity contribution in [3.8, 4) is 12.3 Å². The van der Waals surface area contributed by atoms with Crippen LogP contribution >= 0.6 is 0 Å². The van der Waals surface area contributed by atoms with Gasteiger partial charge in [-0.05, 0) is 25.5 Å². The molecular formula is C19H21N3O5. The van der Waals surface area contributed by atoms with Crippen molar-refractivity contribution in [2.75, 3.05) is 25.1 Å². The fraction of sp³-hybridized carbons (Fsp3) is 0.368. The highest BCUT2D eigenvalue weighted by Gasteiger charge is 2.40. The number of rotatable bonds is 10. The normalized spacial score (nSPS) is 13.7. The molecule has 1 unspecified atom stereocenters. The molecule has 1 aromatic carbocycles. The number of carbonyl (C=O) groups excluding carboxylic acids is 4. The van der Waals surface area contributed by atoms with Crippen molar-refractivity contribution in [1.29, 1.82) is 0 Å². The fourth-order valence-corrected chi connectivity index (χ4v) is 2.85. The van der Waals surface area contributed by atoms with Gasteiger partial charge in [0.2, 0.25) is 12.3 Å². The van der Waals surface area contributed by atoms with Gasteiger partial charge < -0.3 is 10.1 Å². The third-order valence-electron chi connectivity index (χ3n) is 4.14. The van der Waals surface area contributed by atoms with Gasteiger partial charge in [-0.25, -0.2) is 0 Å². The third-order valence-corrected chi connectivity index (χ3v) is 4.14. The second-order valence-corrected chi connectivity index (χ2v) is 5.96. The number of fused-ring (bicyclic) bond motifs is 1. The Hall–Kier alpha value is -3.18. The van der Waals surface area contributed by atoms with Crippen LogP contribution in [0.5, 0.6) is 0 Å². The minimum atomic E-state index is -0.485. The Labute approximate surface area is 157 Å². The summed E-state index contributed by atoms with van der Waals surface area (Å²) in [5.41, 5.74) is 1.17. The summed E-state index contributed by atoms with van der Waals surface area (Å²) in [4.78, 5) is 48.3. The summed E-state index contributed by atoms with van der Waals surface area (Å²) in [5, 5.41) is 5.12. The van der Waals surface area contributed by atoms with E-state index < -0.39 is 23.8 Å². The third kappa shape index (κ3) is 4.71. The van der Waals surface area contributed by atoms with Crippen molar-refractivity contribution in [1.82, 2.24) is 10.2 Å². The van der Waals surface area contributed by atoms with E-state index in [1.807, 2.05) is 5.32 Å². The summed E-state index contributed by atoms with van der Waals surface area (Å²) >= 11 is 0. The van der Waals surface area contributed by atoms with Crippen LogP contribution in [0.25, 0.3) is 0 Å². The Morgan fingerprint density at radius 2 is 2.15 bits per heavy atom. The maximum atomic E-state index is 12.8. The molecule has 1 aliphatic rings. The van der Waals surface area contributed by atoms with Crippen molar-refractivity contribution in [3.05, 3.63) is 29.3 Å². The predicted octanol–water partition coefficient (Wildman–Crippen LogP) is 0.786. The summed E-state index contributed by atoms with van der Waals surface area (Å²) in [6.07, 6.45) is 5.70. The van der Waals surface area contributed by atoms with Crippen LogP contribution in [0.15, 0.2) is 18.2 Å². The Balaban J connectivity index is 2.07. The van der Waals surface area contributed by atoms with Crippen molar-refractivity contribution >= 4 is 29.8 Å². The minimum Gasteiger partial charge on any atom is -0.382 e. The molecule has 8 heteroatoms. The van der Waals surface area contributed by atoms with Crippen LogP contribution in [0.2, 0.25) is 0 Å². The summed E-state index contributed by atoms with van der Waals surface area (Å²) in [7, 11) is 0. The number of ether oxygens (including phenoxy) is 1. The lowest BCUT2D eigenvalue weighted by Crippen LogP contribution is -2.38. The number of nitrogens with zero attached hydrogens (tertiary/aromatic N) is 1. The molecule has 1 heterocycles. The summed E-state index contributed by atoms with van der Waals surface area (Å²) < 4.78 is 5.18. The van der Waals surface area contributed by atoms with E-state index in [0.29, 0.717) is 36.4 Å². The maximum absolute atomic E-state index is 12.8. The molecule has 2 rings (SSSR count). The average Bonchev–Trinajstić information content (AvgIpc) is 2.91. The Bertz CT molecular complexity index is 784. The molecule has 0 spiro atoms. The van der Waals surface area contributed by atoms with Crippen LogP contribution in [0.3, 0.4) is 0 Å². The fourth-order valence-electron chi connectivity index (χ4n) is 2.85. The Kier molecular flexibility index (Phi) is 7.08. The van der Waals surface area contributed by atoms with E-state index in [1.54, 1.807) is 25.1 Å². The predicted molar refractivity (Wildman–Crippen MR) is 98.0 cm³/mol. The molecule has 2 N–H and O–H groups in total. The topological polar surface area (TPSA) is 105 Å². The highest BCUT2D eigenvalue weighted by Crippen LogP contribution is 2.31. The lowest BCUT2D eigenvalue weighted by molar-refractivity contribution is -0.125. The molecule has 0 saturated carbocycles. The van der Waals surface area contributed by atoms with Gasteiger partial charge in [0.25, 0.3) is 11.8 Å². The van der Waals surface area contributed by atoms with Crippen LogP contribution in [0, 0.1) is 12.3 Å². The minimum absolute atomic E-state index is 0.0327. The van der Waals surface area contributed by atoms with Crippen molar-refractivity contribution < 1.29 is 23.9 Å². The van der Waals surface area contributed by atoms with Gasteiger partial charge >= 0.3 is 0 Å². The van der Waals surface area contributed by atoms with Crippen LogP contribution in [-0.2, 0) is 14.3 Å². The zero-order chi connectivity index (χ0) is 19.8. The summed E-state index contributed by atoms with van der Waals surface area (Å²) in [5.74, 6) is 1.10. The first-order valence-electron chi connectivity index (χ1n) is 8.50. The molecule has 8 nitrogen and oxygen atoms in total. The van der Waals surface area contributed by atoms with Crippen LogP contribution in [-0.4, -0.2) is 54.8 Å². The SMILES string of the molecule is C#CCOCCNc1cccc2c1C(=O)N(C(C)CCC(=O)NC=O)C2=O. The van der Waals surface area contributed by atoms with E-state index in [2.05, 4.69) is 11.2 Å². The largest absolute Gasteiger partial charge is 0.382 e. The number of benzene rings is 1. The number of amides is 4. The molecular weight excluding hydrogens is 350 g/mol. The zero-order valence-electron chi connectivity index (χ0n) is 15.0. The van der Waals surface area contributed by atoms with E-state index >= 15 is 0 Å². The highest BCUT2D eigenvalue weighted by molar-refractivity contribution is 6.23. The molecule has 1 atom stereocenters. The van der Waals surface area contributed by atoms with E-state index in [0.717, 1.165) is 4.90 Å². The lowest BCUT2D eigenvalue weighted by Gasteiger charge is -2.22.